The number of rotatable bonds is 10. The molecule has 30 heavy (non-hydrogen) atoms. The van der Waals surface area contributed by atoms with Gasteiger partial charge in [0.05, 0.1) is 6.54 Å². The molecule has 0 atom stereocenters. The van der Waals surface area contributed by atoms with Crippen LogP contribution < -0.4 is 15.4 Å². The van der Waals surface area contributed by atoms with Crippen molar-refractivity contribution in [2.24, 2.45) is 10.4 Å². The summed E-state index contributed by atoms with van der Waals surface area (Å²) < 4.78 is 46.5. The van der Waals surface area contributed by atoms with Crippen molar-refractivity contribution < 1.29 is 22.6 Å². The molecule has 0 bridgehead atoms. The lowest BCUT2D eigenvalue weighted by Crippen LogP contribution is -2.43. The van der Waals surface area contributed by atoms with E-state index in [1.807, 2.05) is 6.92 Å². The third-order valence-electron chi connectivity index (χ3n) is 5.08. The average molecular weight is 544 g/mol. The molecule has 172 valence electrons. The zero-order valence-electron chi connectivity index (χ0n) is 17.6. The molecule has 1 aliphatic carbocycles. The lowest BCUT2D eigenvalue weighted by atomic mass is 9.83. The van der Waals surface area contributed by atoms with Gasteiger partial charge in [-0.25, -0.2) is 9.98 Å². The van der Waals surface area contributed by atoms with Gasteiger partial charge in [0, 0.05) is 39.1 Å². The van der Waals surface area contributed by atoms with Gasteiger partial charge in [0.25, 0.3) is 0 Å². The maximum atomic E-state index is 12.2. The first kappa shape index (κ1) is 26.7. The summed E-state index contributed by atoms with van der Waals surface area (Å²) in [4.78, 5) is 8.49. The van der Waals surface area contributed by atoms with Gasteiger partial charge in [0.1, 0.15) is 0 Å². The summed E-state index contributed by atoms with van der Waals surface area (Å²) in [6.07, 6.45) is 2.99. The van der Waals surface area contributed by atoms with Crippen molar-refractivity contribution in [2.75, 3.05) is 33.4 Å². The van der Waals surface area contributed by atoms with Crippen molar-refractivity contribution in [1.82, 2.24) is 15.6 Å². The molecule has 0 aromatic carbocycles. The summed E-state index contributed by atoms with van der Waals surface area (Å²) in [6, 6.07) is 3.10. The number of ether oxygens (including phenoxy) is 2. The molecule has 10 heteroatoms. The monoisotopic (exact) mass is 544 g/mol. The Hall–Kier alpha value is -1.30. The van der Waals surface area contributed by atoms with Crippen molar-refractivity contribution >= 4 is 29.9 Å². The quantitative estimate of drug-likeness (QED) is 0.262. The van der Waals surface area contributed by atoms with Crippen LogP contribution in [0.4, 0.5) is 13.2 Å². The fourth-order valence-electron chi connectivity index (χ4n) is 3.49. The molecule has 0 spiro atoms. The zero-order chi connectivity index (χ0) is 21.2. The van der Waals surface area contributed by atoms with Crippen LogP contribution in [0.1, 0.15) is 44.6 Å². The second-order valence-corrected chi connectivity index (χ2v) is 7.41. The third kappa shape index (κ3) is 9.67. The normalized spacial score (nSPS) is 16.1. The molecule has 0 aliphatic heterocycles. The van der Waals surface area contributed by atoms with Crippen LogP contribution in [0.25, 0.3) is 0 Å². The first-order valence-electron chi connectivity index (χ1n) is 10.0. The summed E-state index contributed by atoms with van der Waals surface area (Å²) in [5.41, 5.74) is 1.03. The van der Waals surface area contributed by atoms with E-state index in [0.717, 1.165) is 31.7 Å². The van der Waals surface area contributed by atoms with E-state index in [1.165, 1.54) is 37.9 Å². The highest BCUT2D eigenvalue weighted by atomic mass is 127. The van der Waals surface area contributed by atoms with E-state index in [1.54, 1.807) is 13.2 Å². The Morgan fingerprint density at radius 1 is 1.23 bits per heavy atom. The smallest absolute Gasteiger partial charge is 0.422 e. The van der Waals surface area contributed by atoms with Crippen LogP contribution in [0.3, 0.4) is 0 Å². The molecular weight excluding hydrogens is 512 g/mol. The van der Waals surface area contributed by atoms with Crippen molar-refractivity contribution in [3.63, 3.8) is 0 Å². The van der Waals surface area contributed by atoms with Crippen LogP contribution in [0.5, 0.6) is 5.88 Å². The Bertz CT molecular complexity index is 636. The number of aromatic nitrogens is 1. The second-order valence-electron chi connectivity index (χ2n) is 7.41. The molecule has 1 heterocycles. The van der Waals surface area contributed by atoms with Gasteiger partial charge in [0.2, 0.25) is 5.88 Å². The van der Waals surface area contributed by atoms with Crippen molar-refractivity contribution in [2.45, 2.75) is 51.7 Å². The lowest BCUT2D eigenvalue weighted by Gasteiger charge is -2.30. The van der Waals surface area contributed by atoms with Gasteiger partial charge in [-0.3, -0.25) is 0 Å². The number of hydrogen-bond donors (Lipinski definition) is 2. The Balaban J connectivity index is 0.00000450. The molecule has 2 rings (SSSR count). The van der Waals surface area contributed by atoms with Gasteiger partial charge < -0.3 is 20.1 Å². The number of aliphatic imine (C=N–C) groups is 1. The van der Waals surface area contributed by atoms with Crippen LogP contribution in [0.15, 0.2) is 23.3 Å². The number of nitrogens with one attached hydrogen (secondary N) is 2. The van der Waals surface area contributed by atoms with Crippen LogP contribution in [0, 0.1) is 5.41 Å². The fourth-order valence-corrected chi connectivity index (χ4v) is 3.49. The number of methoxy groups -OCH3 is 1. The zero-order valence-corrected chi connectivity index (χ0v) is 19.9. The highest BCUT2D eigenvalue weighted by Gasteiger charge is 2.33. The van der Waals surface area contributed by atoms with Gasteiger partial charge in [-0.1, -0.05) is 18.9 Å². The minimum atomic E-state index is -4.38. The molecule has 2 N–H and O–H groups in total. The van der Waals surface area contributed by atoms with Crippen molar-refractivity contribution in [1.29, 1.82) is 0 Å². The first-order chi connectivity index (χ1) is 13.9. The molecular formula is C20H32F3IN4O2. The Morgan fingerprint density at radius 3 is 2.53 bits per heavy atom. The maximum absolute atomic E-state index is 12.2. The Kier molecular flexibility index (Phi) is 11.7. The molecule has 1 saturated carbocycles. The summed E-state index contributed by atoms with van der Waals surface area (Å²) in [7, 11) is 1.73. The van der Waals surface area contributed by atoms with E-state index < -0.39 is 12.8 Å². The average Bonchev–Trinajstić information content (AvgIpc) is 3.16. The van der Waals surface area contributed by atoms with E-state index in [-0.39, 0.29) is 35.3 Å². The third-order valence-corrected chi connectivity index (χ3v) is 5.08. The van der Waals surface area contributed by atoms with Crippen molar-refractivity contribution in [3.05, 3.63) is 23.9 Å². The van der Waals surface area contributed by atoms with Crippen LogP contribution in [-0.4, -0.2) is 50.5 Å². The van der Waals surface area contributed by atoms with Crippen LogP contribution >= 0.6 is 24.0 Å². The Morgan fingerprint density at radius 2 is 1.97 bits per heavy atom. The number of hydrogen-bond acceptors (Lipinski definition) is 4. The topological polar surface area (TPSA) is 67.8 Å². The fraction of sp³-hybridized carbons (Fsp3) is 0.700. The molecule has 6 nitrogen and oxygen atoms in total. The van der Waals surface area contributed by atoms with E-state index in [0.29, 0.717) is 12.5 Å². The van der Waals surface area contributed by atoms with Gasteiger partial charge >= 0.3 is 6.18 Å². The minimum Gasteiger partial charge on any atom is -0.468 e. The SMILES string of the molecule is CCNC(=NCc1ccc(OCC(F)(F)F)nc1)NCC1(CCOC)CCCC1.I. The molecule has 1 aromatic rings. The van der Waals surface area contributed by atoms with E-state index in [2.05, 4.69) is 25.3 Å². The van der Waals surface area contributed by atoms with Gasteiger partial charge in [-0.05, 0) is 37.2 Å². The van der Waals surface area contributed by atoms with Gasteiger partial charge in [-0.2, -0.15) is 13.2 Å². The molecule has 0 radical (unpaired) electrons. The first-order valence-corrected chi connectivity index (χ1v) is 10.0. The standard InChI is InChI=1S/C20H31F3N4O2.HI/c1-3-24-18(27-14-19(10-11-28-2)8-4-5-9-19)26-13-16-6-7-17(25-12-16)29-15-20(21,22)23;/h6-7,12H,3-5,8-11,13-15H2,1-2H3,(H2,24,26,27);1H. The number of alkyl halides is 3. The molecule has 1 aromatic heterocycles. The molecule has 1 fully saturated rings. The predicted octanol–water partition coefficient (Wildman–Crippen LogP) is 4.29. The van der Waals surface area contributed by atoms with Crippen LogP contribution in [-0.2, 0) is 11.3 Å². The number of pyridine rings is 1. The summed E-state index contributed by atoms with van der Waals surface area (Å²) in [5, 5.41) is 6.68. The van der Waals surface area contributed by atoms with Gasteiger partial charge in [0.15, 0.2) is 12.6 Å². The Labute approximate surface area is 193 Å². The molecule has 0 amide bonds. The number of nitrogens with zero attached hydrogens (tertiary/aromatic N) is 2. The summed E-state index contributed by atoms with van der Waals surface area (Å²) in [5.74, 6) is 0.662. The van der Waals surface area contributed by atoms with Gasteiger partial charge in [-0.15, -0.1) is 24.0 Å². The second kappa shape index (κ2) is 13.2. The number of guanidine groups is 1. The van der Waals surface area contributed by atoms with Crippen LogP contribution in [0.2, 0.25) is 0 Å². The molecule has 0 unspecified atom stereocenters. The van der Waals surface area contributed by atoms with E-state index in [9.17, 15) is 13.2 Å². The summed E-state index contributed by atoms with van der Waals surface area (Å²) >= 11 is 0. The highest BCUT2D eigenvalue weighted by Crippen LogP contribution is 2.40. The molecule has 1 aliphatic rings. The lowest BCUT2D eigenvalue weighted by molar-refractivity contribution is -0.154. The number of halogens is 4. The van der Waals surface area contributed by atoms with E-state index >= 15 is 0 Å². The van der Waals surface area contributed by atoms with E-state index in [4.69, 9.17) is 4.74 Å². The minimum absolute atomic E-state index is 0. The highest BCUT2D eigenvalue weighted by molar-refractivity contribution is 14.0. The summed E-state index contributed by atoms with van der Waals surface area (Å²) in [6.45, 7) is 3.35. The maximum Gasteiger partial charge on any atom is 0.422 e. The molecule has 0 saturated heterocycles. The largest absolute Gasteiger partial charge is 0.468 e. The van der Waals surface area contributed by atoms with Crippen molar-refractivity contribution in [3.8, 4) is 5.88 Å². The predicted molar refractivity (Wildman–Crippen MR) is 121 cm³/mol.